The molecule has 0 aliphatic carbocycles. The number of nitrogens with one attached hydrogen (secondary N) is 1. The Labute approximate surface area is 116 Å². The van der Waals surface area contributed by atoms with Crippen LogP contribution in [0.15, 0.2) is 11.2 Å². The van der Waals surface area contributed by atoms with Gasteiger partial charge in [0.05, 0.1) is 12.8 Å². The van der Waals surface area contributed by atoms with Gasteiger partial charge in [0.1, 0.15) is 5.56 Å². The van der Waals surface area contributed by atoms with Crippen LogP contribution < -0.4 is 0 Å². The molecule has 2 N–H and O–H groups in total. The number of hydrogen-bond acceptors (Lipinski definition) is 5. The highest BCUT2D eigenvalue weighted by atomic mass is 32.2. The number of sulfonamides is 1. The molecule has 1 unspecified atom stereocenters. The zero-order chi connectivity index (χ0) is 14.8. The standard InChI is InChI=1S/C11H17N3O5S/c1-2-14(6-8-3-4-19-7-8)20(17,18)10-9(11(15)16)5-12-13-10/h5,8H,2-4,6-7H2,1H3,(H,12,13)(H,15,16). The monoisotopic (exact) mass is 303 g/mol. The van der Waals surface area contributed by atoms with Crippen molar-refractivity contribution in [3.8, 4) is 0 Å². The second-order valence-corrected chi connectivity index (χ2v) is 6.48. The van der Waals surface area contributed by atoms with Gasteiger partial charge in [-0.15, -0.1) is 0 Å². The number of hydrogen-bond donors (Lipinski definition) is 2. The van der Waals surface area contributed by atoms with Gasteiger partial charge in [0, 0.05) is 19.7 Å². The number of H-pyrrole nitrogens is 1. The molecule has 0 spiro atoms. The van der Waals surface area contributed by atoms with E-state index in [1.807, 2.05) is 0 Å². The molecular weight excluding hydrogens is 286 g/mol. The first kappa shape index (κ1) is 14.9. The van der Waals surface area contributed by atoms with Crippen LogP contribution >= 0.6 is 0 Å². The van der Waals surface area contributed by atoms with Crippen molar-refractivity contribution in [1.82, 2.24) is 14.5 Å². The predicted octanol–water partition coefficient (Wildman–Crippen LogP) is 0.155. The van der Waals surface area contributed by atoms with E-state index < -0.39 is 16.0 Å². The van der Waals surface area contributed by atoms with Crippen LogP contribution in [0.25, 0.3) is 0 Å². The molecular formula is C11H17N3O5S. The summed E-state index contributed by atoms with van der Waals surface area (Å²) in [6, 6.07) is 0. The summed E-state index contributed by atoms with van der Waals surface area (Å²) in [5, 5.41) is 14.4. The highest BCUT2D eigenvalue weighted by molar-refractivity contribution is 7.89. The van der Waals surface area contributed by atoms with Crippen LogP contribution in [-0.2, 0) is 14.8 Å². The van der Waals surface area contributed by atoms with Gasteiger partial charge in [-0.05, 0) is 12.3 Å². The van der Waals surface area contributed by atoms with Crippen molar-refractivity contribution in [1.29, 1.82) is 0 Å². The van der Waals surface area contributed by atoms with Crippen LogP contribution in [0.4, 0.5) is 0 Å². The summed E-state index contributed by atoms with van der Waals surface area (Å²) < 4.78 is 31.5. The van der Waals surface area contributed by atoms with Gasteiger partial charge in [-0.25, -0.2) is 13.2 Å². The summed E-state index contributed by atoms with van der Waals surface area (Å²) in [4.78, 5) is 11.0. The van der Waals surface area contributed by atoms with E-state index in [0.717, 1.165) is 12.6 Å². The minimum Gasteiger partial charge on any atom is -0.478 e. The van der Waals surface area contributed by atoms with Gasteiger partial charge in [0.15, 0.2) is 5.03 Å². The smallest absolute Gasteiger partial charge is 0.340 e. The molecule has 1 aliphatic rings. The van der Waals surface area contributed by atoms with Gasteiger partial charge < -0.3 is 9.84 Å². The molecule has 1 aliphatic heterocycles. The second kappa shape index (κ2) is 5.90. The molecule has 8 nitrogen and oxygen atoms in total. The molecule has 1 atom stereocenters. The number of rotatable bonds is 6. The third-order valence-electron chi connectivity index (χ3n) is 3.27. The number of aromatic nitrogens is 2. The number of carboxylic acids is 1. The van der Waals surface area contributed by atoms with E-state index >= 15 is 0 Å². The van der Waals surface area contributed by atoms with Crippen LogP contribution in [0.1, 0.15) is 23.7 Å². The fraction of sp³-hybridized carbons (Fsp3) is 0.636. The third kappa shape index (κ3) is 2.84. The van der Waals surface area contributed by atoms with Gasteiger partial charge in [0.25, 0.3) is 10.0 Å². The molecule has 1 fully saturated rings. The summed E-state index contributed by atoms with van der Waals surface area (Å²) in [6.07, 6.45) is 1.81. The Hall–Kier alpha value is -1.45. The number of ether oxygens (including phenoxy) is 1. The van der Waals surface area contributed by atoms with E-state index in [0.29, 0.717) is 19.8 Å². The number of aromatic carboxylic acids is 1. The van der Waals surface area contributed by atoms with Crippen LogP contribution in [-0.4, -0.2) is 60.3 Å². The Kier molecular flexibility index (Phi) is 4.41. The van der Waals surface area contributed by atoms with Crippen molar-refractivity contribution in [2.75, 3.05) is 26.3 Å². The van der Waals surface area contributed by atoms with E-state index in [1.165, 1.54) is 4.31 Å². The van der Waals surface area contributed by atoms with E-state index in [4.69, 9.17) is 9.84 Å². The molecule has 1 aromatic heterocycles. The molecule has 112 valence electrons. The number of carboxylic acid groups (broad SMARTS) is 1. The normalized spacial score (nSPS) is 19.6. The van der Waals surface area contributed by atoms with Crippen LogP contribution in [0, 0.1) is 5.92 Å². The molecule has 20 heavy (non-hydrogen) atoms. The maximum Gasteiger partial charge on any atom is 0.340 e. The SMILES string of the molecule is CCN(CC1CCOC1)S(=O)(=O)c1[nH]ncc1C(=O)O. The Morgan fingerprint density at radius 3 is 2.95 bits per heavy atom. The minimum atomic E-state index is -3.89. The molecule has 0 saturated carbocycles. The minimum absolute atomic E-state index is 0.140. The molecule has 0 bridgehead atoms. The lowest BCUT2D eigenvalue weighted by Gasteiger charge is -2.22. The zero-order valence-electron chi connectivity index (χ0n) is 11.1. The lowest BCUT2D eigenvalue weighted by atomic mass is 10.1. The molecule has 2 heterocycles. The van der Waals surface area contributed by atoms with Gasteiger partial charge >= 0.3 is 5.97 Å². The van der Waals surface area contributed by atoms with Crippen LogP contribution in [0.3, 0.4) is 0 Å². The first-order chi connectivity index (χ1) is 9.46. The lowest BCUT2D eigenvalue weighted by Crippen LogP contribution is -2.36. The molecule has 0 amide bonds. The maximum atomic E-state index is 12.5. The molecule has 1 aromatic rings. The Bertz CT molecular complexity index is 577. The third-order valence-corrected chi connectivity index (χ3v) is 5.19. The van der Waals surface area contributed by atoms with Gasteiger partial charge in [-0.3, -0.25) is 5.10 Å². The molecule has 9 heteroatoms. The highest BCUT2D eigenvalue weighted by Crippen LogP contribution is 2.21. The average Bonchev–Trinajstić information content (AvgIpc) is 3.06. The fourth-order valence-electron chi connectivity index (χ4n) is 2.16. The van der Waals surface area contributed by atoms with E-state index in [2.05, 4.69) is 10.2 Å². The van der Waals surface area contributed by atoms with Crippen molar-refractivity contribution in [2.45, 2.75) is 18.4 Å². The molecule has 0 radical (unpaired) electrons. The maximum absolute atomic E-state index is 12.5. The number of aromatic amines is 1. The molecule has 0 aromatic carbocycles. The Morgan fingerprint density at radius 1 is 1.65 bits per heavy atom. The number of carbonyl (C=O) groups is 1. The lowest BCUT2D eigenvalue weighted by molar-refractivity contribution is 0.0692. The van der Waals surface area contributed by atoms with Crippen molar-refractivity contribution in [3.05, 3.63) is 11.8 Å². The van der Waals surface area contributed by atoms with Crippen LogP contribution in [0.2, 0.25) is 0 Å². The molecule has 2 rings (SSSR count). The summed E-state index contributed by atoms with van der Waals surface area (Å²) in [5.41, 5.74) is -0.342. The zero-order valence-corrected chi connectivity index (χ0v) is 11.9. The van der Waals surface area contributed by atoms with Gasteiger partial charge in [-0.1, -0.05) is 6.92 Å². The second-order valence-electron chi connectivity index (χ2n) is 4.60. The van der Waals surface area contributed by atoms with E-state index in [9.17, 15) is 13.2 Å². The van der Waals surface area contributed by atoms with E-state index in [1.54, 1.807) is 6.92 Å². The van der Waals surface area contributed by atoms with Crippen molar-refractivity contribution in [2.24, 2.45) is 5.92 Å². The van der Waals surface area contributed by atoms with E-state index in [-0.39, 0.29) is 23.1 Å². The highest BCUT2D eigenvalue weighted by Gasteiger charge is 2.32. The summed E-state index contributed by atoms with van der Waals surface area (Å²) in [5.74, 6) is -1.18. The average molecular weight is 303 g/mol. The Balaban J connectivity index is 2.26. The first-order valence-electron chi connectivity index (χ1n) is 6.31. The van der Waals surface area contributed by atoms with Gasteiger partial charge in [0.2, 0.25) is 0 Å². The van der Waals surface area contributed by atoms with Gasteiger partial charge in [-0.2, -0.15) is 9.40 Å². The van der Waals surface area contributed by atoms with Crippen molar-refractivity contribution < 1.29 is 23.1 Å². The summed E-state index contributed by atoms with van der Waals surface area (Å²) in [6.45, 7) is 3.45. The quantitative estimate of drug-likeness (QED) is 0.774. The Morgan fingerprint density at radius 2 is 2.40 bits per heavy atom. The number of nitrogens with zero attached hydrogens (tertiary/aromatic N) is 2. The summed E-state index contributed by atoms with van der Waals surface area (Å²) in [7, 11) is -3.89. The molecule has 1 saturated heterocycles. The predicted molar refractivity (Wildman–Crippen MR) is 68.9 cm³/mol. The largest absolute Gasteiger partial charge is 0.478 e. The van der Waals surface area contributed by atoms with Crippen molar-refractivity contribution in [3.63, 3.8) is 0 Å². The first-order valence-corrected chi connectivity index (χ1v) is 7.75. The topological polar surface area (TPSA) is 113 Å². The summed E-state index contributed by atoms with van der Waals surface area (Å²) >= 11 is 0. The fourth-order valence-corrected chi connectivity index (χ4v) is 3.76. The van der Waals surface area contributed by atoms with Crippen molar-refractivity contribution >= 4 is 16.0 Å². The van der Waals surface area contributed by atoms with Crippen LogP contribution in [0.5, 0.6) is 0 Å².